The number of nitrogens with zero attached hydrogens (tertiary/aromatic N) is 1. The third-order valence-corrected chi connectivity index (χ3v) is 3.98. The van der Waals surface area contributed by atoms with Crippen molar-refractivity contribution in [3.8, 4) is 0 Å². The Balaban J connectivity index is 1.73. The second-order valence-corrected chi connectivity index (χ2v) is 5.85. The molecule has 0 saturated carbocycles. The second kappa shape index (κ2) is 8.03. The van der Waals surface area contributed by atoms with Crippen LogP contribution >= 0.6 is 0 Å². The van der Waals surface area contributed by atoms with Crippen molar-refractivity contribution in [1.29, 1.82) is 0 Å². The quantitative estimate of drug-likeness (QED) is 0.510. The number of unbranched alkanes of at least 4 members (excludes halogenated alkanes) is 4. The molecule has 2 unspecified atom stereocenters. The van der Waals surface area contributed by atoms with Gasteiger partial charge in [0.1, 0.15) is 0 Å². The summed E-state index contributed by atoms with van der Waals surface area (Å²) in [6.07, 6.45) is 7.90. The van der Waals surface area contributed by atoms with E-state index in [-0.39, 0.29) is 6.42 Å². The van der Waals surface area contributed by atoms with Crippen LogP contribution in [0.2, 0.25) is 0 Å². The van der Waals surface area contributed by atoms with E-state index in [9.17, 15) is 4.79 Å². The molecule has 0 bridgehead atoms. The Hall–Kier alpha value is -1.55. The van der Waals surface area contributed by atoms with Crippen molar-refractivity contribution in [2.75, 3.05) is 12.0 Å². The molecule has 1 heterocycles. The lowest BCUT2D eigenvalue weighted by Gasteiger charge is -2.12. The summed E-state index contributed by atoms with van der Waals surface area (Å²) in [5.41, 5.74) is 5.13. The van der Waals surface area contributed by atoms with E-state index in [0.717, 1.165) is 17.8 Å². The van der Waals surface area contributed by atoms with E-state index in [1.807, 2.05) is 24.3 Å². The number of carboxylic acids is 1. The minimum absolute atomic E-state index is 0.0682. The molecule has 1 fully saturated rings. The third-order valence-electron chi connectivity index (χ3n) is 3.98. The van der Waals surface area contributed by atoms with E-state index >= 15 is 0 Å². The fourth-order valence-corrected chi connectivity index (χ4v) is 2.65. The van der Waals surface area contributed by atoms with Crippen molar-refractivity contribution in [2.45, 2.75) is 57.9 Å². The number of hydrogen-bond acceptors (Lipinski definition) is 3. The van der Waals surface area contributed by atoms with Crippen LogP contribution in [-0.2, 0) is 11.2 Å². The van der Waals surface area contributed by atoms with E-state index in [1.54, 1.807) is 0 Å². The second-order valence-electron chi connectivity index (χ2n) is 5.85. The number of para-hydroxylation sites is 1. The fourth-order valence-electron chi connectivity index (χ4n) is 2.65. The zero-order valence-electron chi connectivity index (χ0n) is 12.8. The van der Waals surface area contributed by atoms with E-state index in [1.165, 1.54) is 38.5 Å². The highest BCUT2D eigenvalue weighted by Gasteiger charge is 2.33. The van der Waals surface area contributed by atoms with Crippen molar-refractivity contribution in [2.24, 2.45) is 0 Å². The summed E-state index contributed by atoms with van der Waals surface area (Å²) < 4.78 is 0. The molecule has 4 heteroatoms. The molecule has 0 amide bonds. The van der Waals surface area contributed by atoms with Gasteiger partial charge in [-0.15, -0.1) is 0 Å². The largest absolute Gasteiger partial charge is 0.481 e. The highest BCUT2D eigenvalue weighted by molar-refractivity contribution is 5.73. The molecule has 116 valence electrons. The van der Waals surface area contributed by atoms with Gasteiger partial charge in [-0.05, 0) is 18.1 Å². The zero-order valence-corrected chi connectivity index (χ0v) is 12.8. The minimum Gasteiger partial charge on any atom is -0.481 e. The summed E-state index contributed by atoms with van der Waals surface area (Å²) in [6, 6.07) is 8.27. The van der Waals surface area contributed by atoms with Crippen LogP contribution in [0.4, 0.5) is 5.69 Å². The Morgan fingerprint density at radius 2 is 2.05 bits per heavy atom. The SMILES string of the molecule is CCCCCCCC1CN1Nc1ccccc1CC(=O)O. The number of hydrazine groups is 1. The normalized spacial score (nSPS) is 20.2. The van der Waals surface area contributed by atoms with E-state index < -0.39 is 5.97 Å². The van der Waals surface area contributed by atoms with Gasteiger partial charge in [0.25, 0.3) is 0 Å². The van der Waals surface area contributed by atoms with Gasteiger partial charge < -0.3 is 10.5 Å². The topological polar surface area (TPSA) is 52.3 Å². The number of nitrogens with one attached hydrogen (secondary N) is 1. The molecule has 1 aliphatic rings. The van der Waals surface area contributed by atoms with Gasteiger partial charge in [0.05, 0.1) is 12.1 Å². The number of aliphatic carboxylic acids is 1. The maximum absolute atomic E-state index is 10.9. The predicted octanol–water partition coefficient (Wildman–Crippen LogP) is 3.69. The van der Waals surface area contributed by atoms with Crippen LogP contribution in [0.3, 0.4) is 0 Å². The van der Waals surface area contributed by atoms with Crippen LogP contribution in [0.5, 0.6) is 0 Å². The smallest absolute Gasteiger partial charge is 0.307 e. The van der Waals surface area contributed by atoms with Gasteiger partial charge in [-0.1, -0.05) is 57.2 Å². The highest BCUT2D eigenvalue weighted by atomic mass is 16.4. The summed E-state index contributed by atoms with van der Waals surface area (Å²) in [7, 11) is 0. The summed E-state index contributed by atoms with van der Waals surface area (Å²) in [6.45, 7) is 3.30. The van der Waals surface area contributed by atoms with Gasteiger partial charge in [-0.3, -0.25) is 4.79 Å². The Morgan fingerprint density at radius 1 is 1.29 bits per heavy atom. The number of carboxylic acid groups (broad SMARTS) is 1. The minimum atomic E-state index is -0.789. The number of hydrogen-bond donors (Lipinski definition) is 2. The molecule has 0 aromatic heterocycles. The molecular weight excluding hydrogens is 264 g/mol. The highest BCUT2D eigenvalue weighted by Crippen LogP contribution is 2.26. The lowest BCUT2D eigenvalue weighted by Crippen LogP contribution is -2.13. The van der Waals surface area contributed by atoms with E-state index in [4.69, 9.17) is 5.11 Å². The molecule has 4 nitrogen and oxygen atoms in total. The molecule has 1 aliphatic heterocycles. The molecule has 2 rings (SSSR count). The Kier molecular flexibility index (Phi) is 6.05. The van der Waals surface area contributed by atoms with Crippen molar-refractivity contribution in [3.05, 3.63) is 29.8 Å². The van der Waals surface area contributed by atoms with Crippen LogP contribution in [0.1, 0.15) is 51.0 Å². The first-order valence-electron chi connectivity index (χ1n) is 8.03. The molecule has 2 atom stereocenters. The van der Waals surface area contributed by atoms with Crippen molar-refractivity contribution < 1.29 is 9.90 Å². The van der Waals surface area contributed by atoms with Crippen molar-refractivity contribution in [3.63, 3.8) is 0 Å². The third kappa shape index (κ3) is 5.38. The van der Waals surface area contributed by atoms with Gasteiger partial charge in [-0.2, -0.15) is 0 Å². The first-order valence-corrected chi connectivity index (χ1v) is 8.03. The van der Waals surface area contributed by atoms with Gasteiger partial charge in [0.2, 0.25) is 0 Å². The zero-order chi connectivity index (χ0) is 15.1. The van der Waals surface area contributed by atoms with Crippen molar-refractivity contribution in [1.82, 2.24) is 5.01 Å². The van der Waals surface area contributed by atoms with Gasteiger partial charge in [0, 0.05) is 12.6 Å². The molecule has 0 spiro atoms. The van der Waals surface area contributed by atoms with Gasteiger partial charge >= 0.3 is 5.97 Å². The number of anilines is 1. The molecule has 1 aromatic carbocycles. The van der Waals surface area contributed by atoms with E-state index in [2.05, 4.69) is 17.4 Å². The Bertz CT molecular complexity index is 462. The molecular formula is C17H26N2O2. The molecule has 2 N–H and O–H groups in total. The number of rotatable bonds is 10. The van der Waals surface area contributed by atoms with Crippen LogP contribution in [0, 0.1) is 0 Å². The first kappa shape index (κ1) is 15.8. The van der Waals surface area contributed by atoms with Crippen LogP contribution in [0.25, 0.3) is 0 Å². The number of carbonyl (C=O) groups is 1. The average molecular weight is 290 g/mol. The van der Waals surface area contributed by atoms with Gasteiger partial charge in [0.15, 0.2) is 0 Å². The predicted molar refractivity (Wildman–Crippen MR) is 85.3 cm³/mol. The lowest BCUT2D eigenvalue weighted by molar-refractivity contribution is -0.136. The van der Waals surface area contributed by atoms with Crippen LogP contribution in [0.15, 0.2) is 24.3 Å². The Morgan fingerprint density at radius 3 is 2.81 bits per heavy atom. The monoisotopic (exact) mass is 290 g/mol. The summed E-state index contributed by atoms with van der Waals surface area (Å²) >= 11 is 0. The molecule has 21 heavy (non-hydrogen) atoms. The average Bonchev–Trinajstić information content (AvgIpc) is 3.18. The summed E-state index contributed by atoms with van der Waals surface area (Å²) in [4.78, 5) is 10.9. The fraction of sp³-hybridized carbons (Fsp3) is 0.588. The van der Waals surface area contributed by atoms with Crippen LogP contribution in [-0.4, -0.2) is 28.7 Å². The molecule has 0 radical (unpaired) electrons. The Labute approximate surface area is 127 Å². The van der Waals surface area contributed by atoms with E-state index in [0.29, 0.717) is 6.04 Å². The standard InChI is InChI=1S/C17H26N2O2/c1-2-3-4-5-6-10-15-13-19(15)18-16-11-8-7-9-14(16)12-17(20)21/h7-9,11,15,18H,2-6,10,12-13H2,1H3,(H,20,21). The maximum atomic E-state index is 10.9. The first-order chi connectivity index (χ1) is 10.2. The lowest BCUT2D eigenvalue weighted by atomic mass is 10.1. The molecule has 1 aromatic rings. The van der Waals surface area contributed by atoms with Gasteiger partial charge in [-0.25, -0.2) is 5.01 Å². The maximum Gasteiger partial charge on any atom is 0.307 e. The summed E-state index contributed by atoms with van der Waals surface area (Å²) in [5, 5.41) is 11.1. The molecule has 1 saturated heterocycles. The van der Waals surface area contributed by atoms with Crippen LogP contribution < -0.4 is 5.43 Å². The molecule has 0 aliphatic carbocycles. The van der Waals surface area contributed by atoms with Crippen molar-refractivity contribution >= 4 is 11.7 Å². The summed E-state index contributed by atoms with van der Waals surface area (Å²) in [5.74, 6) is -0.789. The number of benzene rings is 1.